The normalized spacial score (nSPS) is 11.2. The summed E-state index contributed by atoms with van der Waals surface area (Å²) < 4.78 is 0. The van der Waals surface area contributed by atoms with Crippen LogP contribution in [0.5, 0.6) is 0 Å². The lowest BCUT2D eigenvalue weighted by Gasteiger charge is -2.08. The van der Waals surface area contributed by atoms with E-state index in [1.165, 1.54) is 0 Å². The summed E-state index contributed by atoms with van der Waals surface area (Å²) in [4.78, 5) is 12.6. The van der Waals surface area contributed by atoms with Crippen molar-refractivity contribution in [1.82, 2.24) is 0 Å². The largest absolute Gasteiger partial charge is 0.294 e. The van der Waals surface area contributed by atoms with E-state index in [1.807, 2.05) is 78.9 Å². The quantitative estimate of drug-likeness (QED) is 0.449. The Hall–Kier alpha value is -2.93. The summed E-state index contributed by atoms with van der Waals surface area (Å²) in [6.45, 7) is 0. The van der Waals surface area contributed by atoms with Crippen molar-refractivity contribution < 1.29 is 4.79 Å². The third-order valence-corrected chi connectivity index (χ3v) is 3.73. The minimum absolute atomic E-state index is 0.136. The van der Waals surface area contributed by atoms with Crippen molar-refractivity contribution in [2.75, 3.05) is 0 Å². The molecule has 0 amide bonds. The molecule has 0 aliphatic carbocycles. The SMILES string of the molecule is O=C(C/C(=C\c1ccccc1)c1ccccc1)c1ccccc1. The number of hydrogen-bond donors (Lipinski definition) is 0. The number of allylic oxidation sites excluding steroid dienone is 1. The molecule has 3 rings (SSSR count). The average molecular weight is 298 g/mol. The van der Waals surface area contributed by atoms with Crippen LogP contribution in [0.4, 0.5) is 0 Å². The fourth-order valence-electron chi connectivity index (χ4n) is 2.54. The number of ketones is 1. The molecule has 0 spiro atoms. The van der Waals surface area contributed by atoms with Crippen LogP contribution >= 0.6 is 0 Å². The second kappa shape index (κ2) is 7.37. The Labute approximate surface area is 136 Å². The van der Waals surface area contributed by atoms with Gasteiger partial charge in [0, 0.05) is 12.0 Å². The highest BCUT2D eigenvalue weighted by atomic mass is 16.1. The van der Waals surface area contributed by atoms with Gasteiger partial charge < -0.3 is 0 Å². The molecular formula is C22H18O. The lowest BCUT2D eigenvalue weighted by Crippen LogP contribution is -2.00. The van der Waals surface area contributed by atoms with Crippen molar-refractivity contribution in [2.45, 2.75) is 6.42 Å². The van der Waals surface area contributed by atoms with E-state index in [9.17, 15) is 4.79 Å². The number of carbonyl (C=O) groups is 1. The summed E-state index contributed by atoms with van der Waals surface area (Å²) in [5.74, 6) is 0.136. The number of hydrogen-bond acceptors (Lipinski definition) is 1. The van der Waals surface area contributed by atoms with Gasteiger partial charge in [-0.15, -0.1) is 0 Å². The maximum atomic E-state index is 12.6. The summed E-state index contributed by atoms with van der Waals surface area (Å²) in [5.41, 5.74) is 3.97. The predicted octanol–water partition coefficient (Wildman–Crippen LogP) is 5.50. The Balaban J connectivity index is 1.93. The summed E-state index contributed by atoms with van der Waals surface area (Å²) in [5, 5.41) is 0. The van der Waals surface area contributed by atoms with E-state index >= 15 is 0 Å². The Bertz CT molecular complexity index is 787. The third kappa shape index (κ3) is 4.04. The topological polar surface area (TPSA) is 17.1 Å². The molecule has 0 atom stereocenters. The smallest absolute Gasteiger partial charge is 0.167 e. The van der Waals surface area contributed by atoms with Gasteiger partial charge in [-0.2, -0.15) is 0 Å². The predicted molar refractivity (Wildman–Crippen MR) is 96.1 cm³/mol. The third-order valence-electron chi connectivity index (χ3n) is 3.73. The highest BCUT2D eigenvalue weighted by Gasteiger charge is 2.10. The van der Waals surface area contributed by atoms with Crippen LogP contribution in [0.15, 0.2) is 91.0 Å². The first-order chi connectivity index (χ1) is 11.3. The Kier molecular flexibility index (Phi) is 4.80. The summed E-state index contributed by atoms with van der Waals surface area (Å²) in [6.07, 6.45) is 2.49. The van der Waals surface area contributed by atoms with Crippen LogP contribution in [-0.4, -0.2) is 5.78 Å². The van der Waals surface area contributed by atoms with Crippen molar-refractivity contribution in [2.24, 2.45) is 0 Å². The molecule has 0 saturated carbocycles. The zero-order valence-corrected chi connectivity index (χ0v) is 12.9. The van der Waals surface area contributed by atoms with Crippen LogP contribution in [-0.2, 0) is 0 Å². The van der Waals surface area contributed by atoms with E-state index in [1.54, 1.807) is 0 Å². The van der Waals surface area contributed by atoms with Crippen LogP contribution in [0.2, 0.25) is 0 Å². The maximum Gasteiger partial charge on any atom is 0.167 e. The van der Waals surface area contributed by atoms with Crippen LogP contribution < -0.4 is 0 Å². The van der Waals surface area contributed by atoms with Crippen LogP contribution in [0.3, 0.4) is 0 Å². The fraction of sp³-hybridized carbons (Fsp3) is 0.0455. The van der Waals surface area contributed by atoms with Crippen LogP contribution in [0.25, 0.3) is 11.6 Å². The molecule has 0 fully saturated rings. The molecular weight excluding hydrogens is 280 g/mol. The first kappa shape index (κ1) is 15.0. The number of Topliss-reactive ketones (excluding diaryl/α,β-unsaturated/α-hetero) is 1. The Morgan fingerprint density at radius 3 is 1.70 bits per heavy atom. The van der Waals surface area contributed by atoms with E-state index in [-0.39, 0.29) is 5.78 Å². The van der Waals surface area contributed by atoms with Crippen molar-refractivity contribution in [3.05, 3.63) is 108 Å². The van der Waals surface area contributed by atoms with Gasteiger partial charge in [-0.3, -0.25) is 4.79 Å². The molecule has 0 heterocycles. The number of rotatable bonds is 5. The molecule has 1 heteroatoms. The summed E-state index contributed by atoms with van der Waals surface area (Å²) >= 11 is 0. The van der Waals surface area contributed by atoms with Gasteiger partial charge in [0.25, 0.3) is 0 Å². The fourth-order valence-corrected chi connectivity index (χ4v) is 2.54. The summed E-state index contributed by atoms with van der Waals surface area (Å²) in [6, 6.07) is 29.7. The number of carbonyl (C=O) groups excluding carboxylic acids is 1. The Morgan fingerprint density at radius 2 is 1.13 bits per heavy atom. The molecule has 0 unspecified atom stereocenters. The average Bonchev–Trinajstić information content (AvgIpc) is 2.63. The monoisotopic (exact) mass is 298 g/mol. The first-order valence-corrected chi connectivity index (χ1v) is 7.72. The van der Waals surface area contributed by atoms with Crippen molar-refractivity contribution in [1.29, 1.82) is 0 Å². The minimum Gasteiger partial charge on any atom is -0.294 e. The molecule has 0 aromatic heterocycles. The van der Waals surface area contributed by atoms with E-state index in [0.29, 0.717) is 6.42 Å². The van der Waals surface area contributed by atoms with E-state index in [2.05, 4.69) is 18.2 Å². The van der Waals surface area contributed by atoms with Crippen molar-refractivity contribution >= 4 is 17.4 Å². The second-order valence-corrected chi connectivity index (χ2v) is 5.41. The minimum atomic E-state index is 0.136. The lowest BCUT2D eigenvalue weighted by atomic mass is 9.95. The second-order valence-electron chi connectivity index (χ2n) is 5.41. The van der Waals surface area contributed by atoms with Gasteiger partial charge in [0.1, 0.15) is 0 Å². The first-order valence-electron chi connectivity index (χ1n) is 7.72. The van der Waals surface area contributed by atoms with Crippen LogP contribution in [0, 0.1) is 0 Å². The molecule has 0 radical (unpaired) electrons. The molecule has 23 heavy (non-hydrogen) atoms. The van der Waals surface area contributed by atoms with E-state index in [4.69, 9.17) is 0 Å². The maximum absolute atomic E-state index is 12.6. The van der Waals surface area contributed by atoms with E-state index in [0.717, 1.165) is 22.3 Å². The van der Waals surface area contributed by atoms with Gasteiger partial charge in [0.05, 0.1) is 0 Å². The molecule has 0 saturated heterocycles. The van der Waals surface area contributed by atoms with Crippen LogP contribution in [0.1, 0.15) is 27.9 Å². The Morgan fingerprint density at radius 1 is 0.652 bits per heavy atom. The zero-order chi connectivity index (χ0) is 15.9. The molecule has 0 aliphatic rings. The van der Waals surface area contributed by atoms with Gasteiger partial charge in [-0.1, -0.05) is 97.1 Å². The lowest BCUT2D eigenvalue weighted by molar-refractivity contribution is 0.0998. The summed E-state index contributed by atoms with van der Waals surface area (Å²) in [7, 11) is 0. The van der Waals surface area contributed by atoms with Gasteiger partial charge >= 0.3 is 0 Å². The standard InChI is InChI=1S/C22H18O/c23-22(20-14-8-3-9-15-20)17-21(19-12-6-2-7-13-19)16-18-10-4-1-5-11-18/h1-16H,17H2/b21-16+. The molecule has 3 aromatic carbocycles. The van der Waals surface area contributed by atoms with E-state index < -0.39 is 0 Å². The molecule has 0 N–H and O–H groups in total. The molecule has 1 nitrogen and oxygen atoms in total. The number of benzene rings is 3. The molecule has 112 valence electrons. The van der Waals surface area contributed by atoms with Crippen molar-refractivity contribution in [3.8, 4) is 0 Å². The zero-order valence-electron chi connectivity index (χ0n) is 12.9. The molecule has 3 aromatic rings. The van der Waals surface area contributed by atoms with Gasteiger partial charge in [-0.25, -0.2) is 0 Å². The molecule has 0 bridgehead atoms. The van der Waals surface area contributed by atoms with Gasteiger partial charge in [0.15, 0.2) is 5.78 Å². The molecule has 0 aliphatic heterocycles. The van der Waals surface area contributed by atoms with Crippen molar-refractivity contribution in [3.63, 3.8) is 0 Å². The highest BCUT2D eigenvalue weighted by molar-refractivity contribution is 6.04. The van der Waals surface area contributed by atoms with Gasteiger partial charge in [-0.05, 0) is 16.7 Å². The highest BCUT2D eigenvalue weighted by Crippen LogP contribution is 2.23. The van der Waals surface area contributed by atoms with Gasteiger partial charge in [0.2, 0.25) is 0 Å².